The second-order valence-corrected chi connectivity index (χ2v) is 3.53. The Balaban J connectivity index is 2.71. The van der Waals surface area contributed by atoms with E-state index in [1.807, 2.05) is 0 Å². The Kier molecular flexibility index (Phi) is 5.16. The van der Waals surface area contributed by atoms with E-state index in [0.717, 1.165) is 0 Å². The summed E-state index contributed by atoms with van der Waals surface area (Å²) in [6, 6.07) is 0. The molecule has 1 aliphatic heterocycles. The van der Waals surface area contributed by atoms with Crippen LogP contribution in [0.2, 0.25) is 0 Å². The van der Waals surface area contributed by atoms with Gasteiger partial charge in [0.2, 0.25) is 0 Å². The van der Waals surface area contributed by atoms with Gasteiger partial charge in [-0.1, -0.05) is 11.2 Å². The van der Waals surface area contributed by atoms with E-state index >= 15 is 0 Å². The molecule has 0 unspecified atom stereocenters. The quantitative estimate of drug-likeness (QED) is 0.245. The summed E-state index contributed by atoms with van der Waals surface area (Å²) in [6.07, 6.45) is 0.836. The van der Waals surface area contributed by atoms with Gasteiger partial charge in [-0.05, 0) is 11.6 Å². The van der Waals surface area contributed by atoms with E-state index in [1.54, 1.807) is 6.08 Å². The Morgan fingerprint density at radius 2 is 2.11 bits per heavy atom. The van der Waals surface area contributed by atoms with E-state index in [0.29, 0.717) is 0 Å². The fraction of sp³-hybridized carbons (Fsp3) is 0.600. The first-order chi connectivity index (χ1) is 8.52. The Labute approximate surface area is 103 Å². The minimum absolute atomic E-state index is 0.0882. The molecule has 3 atom stereocenters. The lowest BCUT2D eigenvalue weighted by molar-refractivity contribution is -0.163. The van der Waals surface area contributed by atoms with Crippen LogP contribution in [0.1, 0.15) is 13.8 Å². The predicted octanol–water partition coefficient (Wildman–Crippen LogP) is 1.07. The van der Waals surface area contributed by atoms with E-state index < -0.39 is 30.4 Å². The van der Waals surface area contributed by atoms with Crippen LogP contribution in [0, 0.1) is 0 Å². The number of hydrogen-bond acceptors (Lipinski definition) is 6. The molecule has 0 radical (unpaired) electrons. The second kappa shape index (κ2) is 6.63. The highest BCUT2D eigenvalue weighted by molar-refractivity contribution is 5.66. The second-order valence-electron chi connectivity index (χ2n) is 3.53. The molecule has 8 nitrogen and oxygen atoms in total. The summed E-state index contributed by atoms with van der Waals surface area (Å²) in [5.41, 5.74) is 8.31. The van der Waals surface area contributed by atoms with Crippen molar-refractivity contribution in [2.24, 2.45) is 5.11 Å². The standard InChI is InChI=1S/C10H13N3O5/c1-6(14)16-5-9-8(17-7(2)15)3-4-10(18-9)12-13-11/h3-4,8-10H,5H2,1-2H3/t8-,9+,10-/m0/s1. The number of ether oxygens (including phenoxy) is 3. The van der Waals surface area contributed by atoms with Gasteiger partial charge in [0.1, 0.15) is 18.8 Å². The summed E-state index contributed by atoms with van der Waals surface area (Å²) >= 11 is 0. The van der Waals surface area contributed by atoms with Gasteiger partial charge in [0.05, 0.1) is 0 Å². The maximum atomic E-state index is 10.9. The van der Waals surface area contributed by atoms with E-state index in [1.165, 1.54) is 19.9 Å². The molecule has 0 aromatic heterocycles. The number of esters is 2. The molecule has 1 aliphatic rings. The molecule has 0 aromatic rings. The highest BCUT2D eigenvalue weighted by Crippen LogP contribution is 2.17. The highest BCUT2D eigenvalue weighted by Gasteiger charge is 2.30. The molecule has 18 heavy (non-hydrogen) atoms. The lowest BCUT2D eigenvalue weighted by Gasteiger charge is -2.29. The van der Waals surface area contributed by atoms with Crippen LogP contribution < -0.4 is 0 Å². The molecule has 0 saturated heterocycles. The summed E-state index contributed by atoms with van der Waals surface area (Å²) in [6.45, 7) is 2.43. The third kappa shape index (κ3) is 4.44. The van der Waals surface area contributed by atoms with E-state index in [9.17, 15) is 9.59 Å². The zero-order valence-electron chi connectivity index (χ0n) is 9.98. The number of hydrogen-bond donors (Lipinski definition) is 0. The van der Waals surface area contributed by atoms with Crippen molar-refractivity contribution in [1.82, 2.24) is 0 Å². The number of carbonyl (C=O) groups excluding carboxylic acids is 2. The minimum Gasteiger partial charge on any atom is -0.463 e. The molecular formula is C10H13N3O5. The summed E-state index contributed by atoms with van der Waals surface area (Å²) in [7, 11) is 0. The van der Waals surface area contributed by atoms with E-state index in [-0.39, 0.29) is 6.61 Å². The van der Waals surface area contributed by atoms with Gasteiger partial charge in [0.15, 0.2) is 6.23 Å². The average molecular weight is 255 g/mol. The van der Waals surface area contributed by atoms with Crippen molar-refractivity contribution in [3.05, 3.63) is 22.6 Å². The average Bonchev–Trinajstić information content (AvgIpc) is 2.28. The SMILES string of the molecule is CC(=O)OC[C@H]1O[C@H](N=[N+]=[N-])C=C[C@@H]1OC(C)=O. The van der Waals surface area contributed by atoms with Gasteiger partial charge in [0.25, 0.3) is 0 Å². The van der Waals surface area contributed by atoms with Crippen LogP contribution in [0.15, 0.2) is 17.3 Å². The smallest absolute Gasteiger partial charge is 0.303 e. The molecule has 8 heteroatoms. The molecule has 0 fully saturated rings. The van der Waals surface area contributed by atoms with Crippen molar-refractivity contribution in [1.29, 1.82) is 0 Å². The number of rotatable bonds is 4. The third-order valence-corrected chi connectivity index (χ3v) is 2.06. The molecule has 0 aromatic carbocycles. The first-order valence-corrected chi connectivity index (χ1v) is 5.21. The summed E-state index contributed by atoms with van der Waals surface area (Å²) < 4.78 is 15.1. The van der Waals surface area contributed by atoms with Crippen molar-refractivity contribution in [3.63, 3.8) is 0 Å². The van der Waals surface area contributed by atoms with E-state index in [2.05, 4.69) is 10.0 Å². The van der Waals surface area contributed by atoms with Crippen LogP contribution >= 0.6 is 0 Å². The topological polar surface area (TPSA) is 111 Å². The fourth-order valence-electron chi connectivity index (χ4n) is 1.39. The van der Waals surface area contributed by atoms with Crippen LogP contribution in [-0.2, 0) is 23.8 Å². The lowest BCUT2D eigenvalue weighted by atomic mass is 10.1. The number of nitrogens with zero attached hydrogens (tertiary/aromatic N) is 3. The van der Waals surface area contributed by atoms with Gasteiger partial charge in [-0.2, -0.15) is 0 Å². The van der Waals surface area contributed by atoms with Crippen molar-refractivity contribution in [2.45, 2.75) is 32.3 Å². The Bertz CT molecular complexity index is 402. The van der Waals surface area contributed by atoms with E-state index in [4.69, 9.17) is 19.7 Å². The zero-order valence-corrected chi connectivity index (χ0v) is 9.98. The van der Waals surface area contributed by atoms with Crippen LogP contribution in [0.5, 0.6) is 0 Å². The van der Waals surface area contributed by atoms with Gasteiger partial charge in [-0.3, -0.25) is 9.59 Å². The van der Waals surface area contributed by atoms with Crippen LogP contribution in [0.3, 0.4) is 0 Å². The Morgan fingerprint density at radius 3 is 2.67 bits per heavy atom. The Morgan fingerprint density at radius 1 is 1.39 bits per heavy atom. The fourth-order valence-corrected chi connectivity index (χ4v) is 1.39. The molecule has 0 spiro atoms. The van der Waals surface area contributed by atoms with Gasteiger partial charge in [0, 0.05) is 18.8 Å². The third-order valence-electron chi connectivity index (χ3n) is 2.06. The van der Waals surface area contributed by atoms with Gasteiger partial charge < -0.3 is 14.2 Å². The molecular weight excluding hydrogens is 242 g/mol. The van der Waals surface area contributed by atoms with Gasteiger partial charge in [-0.25, -0.2) is 0 Å². The predicted molar refractivity (Wildman–Crippen MR) is 59.1 cm³/mol. The summed E-state index contributed by atoms with van der Waals surface area (Å²) in [5.74, 6) is -0.960. The molecule has 0 bridgehead atoms. The normalized spacial score (nSPS) is 26.0. The molecule has 0 amide bonds. The lowest BCUT2D eigenvalue weighted by Crippen LogP contribution is -2.40. The van der Waals surface area contributed by atoms with Gasteiger partial charge >= 0.3 is 11.9 Å². The monoisotopic (exact) mass is 255 g/mol. The van der Waals surface area contributed by atoms with Crippen LogP contribution in [0.4, 0.5) is 0 Å². The Hall–Kier alpha value is -2.05. The highest BCUT2D eigenvalue weighted by atomic mass is 16.6. The van der Waals surface area contributed by atoms with Crippen molar-refractivity contribution in [2.75, 3.05) is 6.61 Å². The molecule has 0 N–H and O–H groups in total. The van der Waals surface area contributed by atoms with Crippen molar-refractivity contribution < 1.29 is 23.8 Å². The van der Waals surface area contributed by atoms with Crippen molar-refractivity contribution >= 4 is 11.9 Å². The first-order valence-electron chi connectivity index (χ1n) is 5.21. The van der Waals surface area contributed by atoms with Crippen LogP contribution in [-0.4, -0.2) is 37.0 Å². The number of carbonyl (C=O) groups is 2. The maximum Gasteiger partial charge on any atom is 0.303 e. The molecule has 0 aliphatic carbocycles. The van der Waals surface area contributed by atoms with Crippen molar-refractivity contribution in [3.8, 4) is 0 Å². The molecule has 98 valence electrons. The van der Waals surface area contributed by atoms with Gasteiger partial charge in [-0.15, -0.1) is 0 Å². The maximum absolute atomic E-state index is 10.9. The summed E-state index contributed by atoms with van der Waals surface area (Å²) in [4.78, 5) is 24.2. The van der Waals surface area contributed by atoms with Crippen LogP contribution in [0.25, 0.3) is 10.4 Å². The largest absolute Gasteiger partial charge is 0.463 e. The number of azide groups is 1. The zero-order chi connectivity index (χ0) is 13.5. The minimum atomic E-state index is -0.803. The molecule has 0 saturated carbocycles. The molecule has 1 heterocycles. The molecule has 1 rings (SSSR count). The summed E-state index contributed by atoms with van der Waals surface area (Å²) in [5, 5.41) is 3.37. The first kappa shape index (κ1) is 14.0.